The number of para-hydroxylation sites is 2. The summed E-state index contributed by atoms with van der Waals surface area (Å²) in [7, 11) is 1.52. The third kappa shape index (κ3) is 3.59. The lowest BCUT2D eigenvalue weighted by Gasteiger charge is -2.19. The molecule has 3 aromatic carbocycles. The van der Waals surface area contributed by atoms with Gasteiger partial charge in [0.2, 0.25) is 5.91 Å². The Morgan fingerprint density at radius 2 is 1.56 bits per heavy atom. The molecule has 0 N–H and O–H groups in total. The van der Waals surface area contributed by atoms with Gasteiger partial charge in [-0.05, 0) is 36.4 Å². The van der Waals surface area contributed by atoms with Gasteiger partial charge in [0.05, 0.1) is 35.5 Å². The third-order valence-electron chi connectivity index (χ3n) is 5.92. The molecular formula is C26H20N2O6. The Morgan fingerprint density at radius 3 is 2.26 bits per heavy atom. The maximum atomic E-state index is 12.9. The van der Waals surface area contributed by atoms with Crippen LogP contribution in [0.2, 0.25) is 0 Å². The van der Waals surface area contributed by atoms with Gasteiger partial charge in [-0.2, -0.15) is 0 Å². The van der Waals surface area contributed by atoms with E-state index in [9.17, 15) is 19.2 Å². The summed E-state index contributed by atoms with van der Waals surface area (Å²) in [6, 6.07) is 19.9. The summed E-state index contributed by atoms with van der Waals surface area (Å²) in [5, 5.41) is 0. The van der Waals surface area contributed by atoms with Gasteiger partial charge in [-0.3, -0.25) is 19.2 Å². The standard InChI is InChI=1S/C26H20N2O6/c1-33-22-12-5-4-11-21(22)27-15-16(13-23(27)29)26(32)34-18-8-6-7-17(14-18)28-24(30)19-9-2-3-10-20(19)25(28)31/h2-12,14,16H,13,15H2,1H3/t16-/m1/s1. The molecule has 1 saturated heterocycles. The van der Waals surface area contributed by atoms with Crippen LogP contribution in [-0.4, -0.2) is 37.3 Å². The molecule has 3 aromatic rings. The van der Waals surface area contributed by atoms with Gasteiger partial charge < -0.3 is 14.4 Å². The van der Waals surface area contributed by atoms with Gasteiger partial charge >= 0.3 is 5.97 Å². The number of nitrogens with zero attached hydrogens (tertiary/aromatic N) is 2. The first-order valence-electron chi connectivity index (χ1n) is 10.7. The number of esters is 1. The van der Waals surface area contributed by atoms with E-state index in [0.717, 1.165) is 4.90 Å². The van der Waals surface area contributed by atoms with Crippen molar-refractivity contribution in [3.63, 3.8) is 0 Å². The summed E-state index contributed by atoms with van der Waals surface area (Å²) in [5.41, 5.74) is 1.55. The van der Waals surface area contributed by atoms with Gasteiger partial charge in [0, 0.05) is 19.0 Å². The van der Waals surface area contributed by atoms with Crippen molar-refractivity contribution in [2.45, 2.75) is 6.42 Å². The molecule has 0 aliphatic carbocycles. The van der Waals surface area contributed by atoms with E-state index < -0.39 is 23.7 Å². The lowest BCUT2D eigenvalue weighted by molar-refractivity contribution is -0.139. The molecule has 2 aliphatic heterocycles. The van der Waals surface area contributed by atoms with E-state index in [1.54, 1.807) is 66.7 Å². The Hall–Kier alpha value is -4.46. The van der Waals surface area contributed by atoms with Crippen molar-refractivity contribution in [3.05, 3.63) is 83.9 Å². The van der Waals surface area contributed by atoms with Crippen molar-refractivity contribution in [3.8, 4) is 11.5 Å². The van der Waals surface area contributed by atoms with E-state index in [0.29, 0.717) is 28.3 Å². The van der Waals surface area contributed by atoms with E-state index >= 15 is 0 Å². The van der Waals surface area contributed by atoms with Crippen molar-refractivity contribution >= 4 is 35.1 Å². The number of imide groups is 1. The summed E-state index contributed by atoms with van der Waals surface area (Å²) < 4.78 is 10.9. The van der Waals surface area contributed by atoms with Crippen LogP contribution in [0.1, 0.15) is 27.1 Å². The molecule has 170 valence electrons. The van der Waals surface area contributed by atoms with Gasteiger partial charge in [0.25, 0.3) is 11.8 Å². The number of carbonyl (C=O) groups is 4. The summed E-state index contributed by atoms with van der Waals surface area (Å²) in [6.45, 7) is 0.163. The molecule has 0 radical (unpaired) electrons. The number of ether oxygens (including phenoxy) is 2. The highest BCUT2D eigenvalue weighted by Gasteiger charge is 2.38. The second kappa shape index (κ2) is 8.47. The minimum absolute atomic E-state index is 0.00891. The zero-order valence-electron chi connectivity index (χ0n) is 18.3. The number of benzene rings is 3. The topological polar surface area (TPSA) is 93.2 Å². The van der Waals surface area contributed by atoms with E-state index in [1.165, 1.54) is 18.1 Å². The number of anilines is 2. The van der Waals surface area contributed by atoms with Gasteiger partial charge in [-0.25, -0.2) is 4.90 Å². The van der Waals surface area contributed by atoms with Crippen LogP contribution in [0.5, 0.6) is 11.5 Å². The van der Waals surface area contributed by atoms with Gasteiger partial charge in [0.15, 0.2) is 0 Å². The Morgan fingerprint density at radius 1 is 0.882 bits per heavy atom. The lowest BCUT2D eigenvalue weighted by Crippen LogP contribution is -2.29. The Bertz CT molecular complexity index is 1300. The van der Waals surface area contributed by atoms with E-state index in [2.05, 4.69) is 0 Å². The SMILES string of the molecule is COc1ccccc1N1C[C@H](C(=O)Oc2cccc(N3C(=O)c4ccccc4C3=O)c2)CC1=O. The van der Waals surface area contributed by atoms with Gasteiger partial charge in [0.1, 0.15) is 11.5 Å². The fraction of sp³-hybridized carbons (Fsp3) is 0.154. The average molecular weight is 456 g/mol. The quantitative estimate of drug-likeness (QED) is 0.332. The molecular weight excluding hydrogens is 436 g/mol. The van der Waals surface area contributed by atoms with Crippen LogP contribution in [0.3, 0.4) is 0 Å². The number of hydrogen-bond donors (Lipinski definition) is 0. The van der Waals surface area contributed by atoms with Crippen LogP contribution >= 0.6 is 0 Å². The molecule has 1 fully saturated rings. The first kappa shape index (κ1) is 21.4. The molecule has 8 heteroatoms. The molecule has 3 amide bonds. The summed E-state index contributed by atoms with van der Waals surface area (Å²) in [4.78, 5) is 53.5. The van der Waals surface area contributed by atoms with Crippen LogP contribution in [0, 0.1) is 5.92 Å². The number of rotatable bonds is 5. The molecule has 0 aromatic heterocycles. The Labute approximate surface area is 195 Å². The minimum atomic E-state index is -0.666. The highest BCUT2D eigenvalue weighted by Crippen LogP contribution is 2.34. The largest absolute Gasteiger partial charge is 0.495 e. The lowest BCUT2D eigenvalue weighted by atomic mass is 10.1. The molecule has 34 heavy (non-hydrogen) atoms. The Balaban J connectivity index is 1.32. The number of fused-ring (bicyclic) bond motifs is 1. The maximum absolute atomic E-state index is 12.9. The molecule has 0 saturated carbocycles. The van der Waals surface area contributed by atoms with Crippen LogP contribution in [-0.2, 0) is 9.59 Å². The monoisotopic (exact) mass is 456 g/mol. The normalized spacial score (nSPS) is 17.2. The van der Waals surface area contributed by atoms with Crippen molar-refractivity contribution < 1.29 is 28.7 Å². The number of carbonyl (C=O) groups excluding carboxylic acids is 4. The molecule has 2 aliphatic rings. The smallest absolute Gasteiger partial charge is 0.316 e. The van der Waals surface area contributed by atoms with E-state index in [4.69, 9.17) is 9.47 Å². The molecule has 1 atom stereocenters. The molecule has 2 heterocycles. The second-order valence-electron chi connectivity index (χ2n) is 7.99. The zero-order valence-corrected chi connectivity index (χ0v) is 18.3. The molecule has 5 rings (SSSR count). The van der Waals surface area contributed by atoms with E-state index in [1.807, 2.05) is 0 Å². The number of methoxy groups -OCH3 is 1. The van der Waals surface area contributed by atoms with Crippen molar-refractivity contribution in [1.29, 1.82) is 0 Å². The first-order valence-corrected chi connectivity index (χ1v) is 10.7. The fourth-order valence-corrected chi connectivity index (χ4v) is 4.26. The van der Waals surface area contributed by atoms with Crippen LogP contribution in [0.15, 0.2) is 72.8 Å². The van der Waals surface area contributed by atoms with E-state index in [-0.39, 0.29) is 24.6 Å². The molecule has 8 nitrogen and oxygen atoms in total. The first-order chi connectivity index (χ1) is 16.5. The third-order valence-corrected chi connectivity index (χ3v) is 5.92. The summed E-state index contributed by atoms with van der Waals surface area (Å²) in [5.74, 6) is -1.58. The molecule has 0 unspecified atom stereocenters. The highest BCUT2D eigenvalue weighted by molar-refractivity contribution is 6.34. The second-order valence-corrected chi connectivity index (χ2v) is 7.99. The van der Waals surface area contributed by atoms with Crippen LogP contribution in [0.25, 0.3) is 0 Å². The number of amides is 3. The van der Waals surface area contributed by atoms with Crippen molar-refractivity contribution in [1.82, 2.24) is 0 Å². The van der Waals surface area contributed by atoms with Gasteiger partial charge in [-0.15, -0.1) is 0 Å². The Kier molecular flexibility index (Phi) is 5.33. The van der Waals surface area contributed by atoms with Gasteiger partial charge in [-0.1, -0.05) is 30.3 Å². The number of hydrogen-bond acceptors (Lipinski definition) is 6. The molecule has 0 bridgehead atoms. The average Bonchev–Trinajstić information content (AvgIpc) is 3.36. The van der Waals surface area contributed by atoms with Crippen molar-refractivity contribution in [2.24, 2.45) is 5.92 Å². The van der Waals surface area contributed by atoms with Crippen molar-refractivity contribution in [2.75, 3.05) is 23.5 Å². The summed E-state index contributed by atoms with van der Waals surface area (Å²) >= 11 is 0. The minimum Gasteiger partial charge on any atom is -0.495 e. The zero-order chi connectivity index (χ0) is 23.8. The maximum Gasteiger partial charge on any atom is 0.316 e. The highest BCUT2D eigenvalue weighted by atomic mass is 16.5. The molecule has 0 spiro atoms. The fourth-order valence-electron chi connectivity index (χ4n) is 4.26. The predicted octanol–water partition coefficient (Wildman–Crippen LogP) is 3.45. The van der Waals surface area contributed by atoms with Crippen LogP contribution in [0.4, 0.5) is 11.4 Å². The predicted molar refractivity (Wildman–Crippen MR) is 123 cm³/mol. The van der Waals surface area contributed by atoms with Crippen LogP contribution < -0.4 is 19.3 Å². The summed E-state index contributed by atoms with van der Waals surface area (Å²) in [6.07, 6.45) is 0.00891.